The summed E-state index contributed by atoms with van der Waals surface area (Å²) in [6.45, 7) is 0. The van der Waals surface area contributed by atoms with Crippen molar-refractivity contribution in [3.63, 3.8) is 0 Å². The summed E-state index contributed by atoms with van der Waals surface area (Å²) in [6.07, 6.45) is 4.55. The Balaban J connectivity index is 1.18. The van der Waals surface area contributed by atoms with Gasteiger partial charge in [-0.2, -0.15) is 0 Å². The van der Waals surface area contributed by atoms with E-state index in [1.807, 2.05) is 0 Å². The van der Waals surface area contributed by atoms with Crippen LogP contribution in [0.3, 0.4) is 0 Å². The van der Waals surface area contributed by atoms with E-state index in [0.717, 1.165) is 0 Å². The summed E-state index contributed by atoms with van der Waals surface area (Å²) in [5, 5.41) is 10.2. The number of rotatable bonds is 4. The first kappa shape index (κ1) is 25.6. The van der Waals surface area contributed by atoms with Crippen LogP contribution in [0.1, 0.15) is 11.1 Å². The molecule has 1 heterocycles. The van der Waals surface area contributed by atoms with Gasteiger partial charge in [0, 0.05) is 16.5 Å². The van der Waals surface area contributed by atoms with Gasteiger partial charge in [-0.05, 0) is 78.8 Å². The lowest BCUT2D eigenvalue weighted by atomic mass is 9.86. The van der Waals surface area contributed by atoms with Crippen molar-refractivity contribution in [3.8, 4) is 16.8 Å². The van der Waals surface area contributed by atoms with Gasteiger partial charge in [-0.1, -0.05) is 152 Å². The summed E-state index contributed by atoms with van der Waals surface area (Å²) in [4.78, 5) is 0. The highest BCUT2D eigenvalue weighted by Crippen LogP contribution is 2.42. The molecule has 1 nitrogen and oxygen atoms in total. The van der Waals surface area contributed by atoms with Crippen LogP contribution in [0.4, 0.5) is 0 Å². The Morgan fingerprint density at radius 3 is 1.47 bits per heavy atom. The number of fused-ring (bicyclic) bond motifs is 6. The highest BCUT2D eigenvalue weighted by atomic mass is 15.0. The number of benzene rings is 8. The van der Waals surface area contributed by atoms with E-state index in [4.69, 9.17) is 0 Å². The van der Waals surface area contributed by atoms with Crippen molar-refractivity contribution in [2.24, 2.45) is 0 Å². The van der Waals surface area contributed by atoms with E-state index >= 15 is 0 Å². The van der Waals surface area contributed by atoms with E-state index in [9.17, 15) is 0 Å². The highest BCUT2D eigenvalue weighted by molar-refractivity contribution is 6.20. The van der Waals surface area contributed by atoms with Crippen LogP contribution in [0.2, 0.25) is 0 Å². The third-order valence-electron chi connectivity index (χ3n) is 9.21. The van der Waals surface area contributed by atoms with Crippen molar-refractivity contribution >= 4 is 66.3 Å². The zero-order chi connectivity index (χ0) is 29.7. The summed E-state index contributed by atoms with van der Waals surface area (Å²) in [6, 6.07) is 59.3. The molecule has 0 N–H and O–H groups in total. The summed E-state index contributed by atoms with van der Waals surface area (Å²) in [7, 11) is 0. The fraction of sp³-hybridized carbons (Fsp3) is 0. The van der Waals surface area contributed by atoms with Crippen LogP contribution in [0.5, 0.6) is 0 Å². The lowest BCUT2D eigenvalue weighted by Gasteiger charge is -2.17. The minimum atomic E-state index is 1.17. The van der Waals surface area contributed by atoms with Gasteiger partial charge in [0.25, 0.3) is 0 Å². The van der Waals surface area contributed by atoms with Gasteiger partial charge < -0.3 is 4.57 Å². The Bertz CT molecular complexity index is 2470. The molecule has 0 aliphatic heterocycles. The van der Waals surface area contributed by atoms with Crippen molar-refractivity contribution in [2.75, 3.05) is 0 Å². The molecule has 0 aliphatic carbocycles. The van der Waals surface area contributed by atoms with Gasteiger partial charge in [-0.3, -0.25) is 0 Å². The molecule has 0 unspecified atom stereocenters. The Labute approximate surface area is 261 Å². The average Bonchev–Trinajstić information content (AvgIpc) is 3.45. The summed E-state index contributed by atoms with van der Waals surface area (Å²) >= 11 is 0. The van der Waals surface area contributed by atoms with Gasteiger partial charge in [-0.15, -0.1) is 0 Å². The van der Waals surface area contributed by atoms with Crippen LogP contribution in [-0.2, 0) is 0 Å². The lowest BCUT2D eigenvalue weighted by Crippen LogP contribution is -1.93. The first-order chi connectivity index (χ1) is 22.3. The van der Waals surface area contributed by atoms with Crippen LogP contribution in [0.15, 0.2) is 164 Å². The van der Waals surface area contributed by atoms with Crippen LogP contribution in [0, 0.1) is 0 Å². The molecular formula is C44H29N. The Morgan fingerprint density at radius 2 is 0.844 bits per heavy atom. The zero-order valence-corrected chi connectivity index (χ0v) is 24.7. The molecule has 0 fully saturated rings. The van der Waals surface area contributed by atoms with Crippen LogP contribution >= 0.6 is 0 Å². The monoisotopic (exact) mass is 571 g/mol. The Kier molecular flexibility index (Phi) is 5.89. The van der Waals surface area contributed by atoms with Crippen molar-refractivity contribution in [2.45, 2.75) is 0 Å². The van der Waals surface area contributed by atoms with E-state index in [1.165, 1.54) is 82.1 Å². The molecule has 0 atom stereocenters. The third-order valence-corrected chi connectivity index (χ3v) is 9.21. The van der Waals surface area contributed by atoms with Gasteiger partial charge in [0.2, 0.25) is 0 Å². The second kappa shape index (κ2) is 10.4. The molecule has 210 valence electrons. The minimum Gasteiger partial charge on any atom is -0.309 e. The summed E-state index contributed by atoms with van der Waals surface area (Å²) in [5.74, 6) is 0. The predicted molar refractivity (Wildman–Crippen MR) is 194 cm³/mol. The quantitative estimate of drug-likeness (QED) is 0.146. The van der Waals surface area contributed by atoms with E-state index in [1.54, 1.807) is 0 Å². The van der Waals surface area contributed by atoms with E-state index in [0.29, 0.717) is 0 Å². The molecule has 0 aliphatic rings. The van der Waals surface area contributed by atoms with Crippen molar-refractivity contribution in [1.82, 2.24) is 4.57 Å². The standard InChI is InChI=1S/C44H29N/c1-2-14-33-31(12-1)13-11-21-39(33)44-40-19-5-3-15-34(40)36(35-16-4-6-20-41(35)44)29-26-30-24-27-32(28-25-30)45-42-22-9-7-17-37(42)38-18-8-10-23-43(38)45/h1-29H. The molecule has 45 heavy (non-hydrogen) atoms. The first-order valence-electron chi connectivity index (χ1n) is 15.5. The molecule has 0 saturated carbocycles. The van der Waals surface area contributed by atoms with Gasteiger partial charge in [0.05, 0.1) is 11.0 Å². The second-order valence-electron chi connectivity index (χ2n) is 11.7. The van der Waals surface area contributed by atoms with Crippen molar-refractivity contribution in [1.29, 1.82) is 0 Å². The summed E-state index contributed by atoms with van der Waals surface area (Å²) < 4.78 is 2.37. The molecule has 9 aromatic rings. The topological polar surface area (TPSA) is 4.93 Å². The fourth-order valence-corrected chi connectivity index (χ4v) is 7.19. The molecule has 0 amide bonds. The molecule has 0 bridgehead atoms. The lowest BCUT2D eigenvalue weighted by molar-refractivity contribution is 1.18. The number of aromatic nitrogens is 1. The Morgan fingerprint density at radius 1 is 0.356 bits per heavy atom. The number of hydrogen-bond acceptors (Lipinski definition) is 0. The van der Waals surface area contributed by atoms with E-state index in [-0.39, 0.29) is 0 Å². The van der Waals surface area contributed by atoms with Crippen LogP contribution in [0.25, 0.3) is 83.1 Å². The van der Waals surface area contributed by atoms with Crippen molar-refractivity contribution in [3.05, 3.63) is 175 Å². The molecule has 1 aromatic heterocycles. The number of nitrogens with zero attached hydrogens (tertiary/aromatic N) is 1. The maximum Gasteiger partial charge on any atom is 0.0541 e. The van der Waals surface area contributed by atoms with Gasteiger partial charge in [0.1, 0.15) is 0 Å². The molecular weight excluding hydrogens is 542 g/mol. The SMILES string of the molecule is C(=Cc1c2ccccc2c(-c2cccc3ccccc23)c2ccccc12)c1ccc(-n2c3ccccc3c3ccccc32)cc1. The smallest absolute Gasteiger partial charge is 0.0541 e. The van der Waals surface area contributed by atoms with E-state index in [2.05, 4.69) is 181 Å². The second-order valence-corrected chi connectivity index (χ2v) is 11.7. The average molecular weight is 572 g/mol. The number of hydrogen-bond donors (Lipinski definition) is 0. The maximum atomic E-state index is 2.37. The molecule has 0 radical (unpaired) electrons. The molecule has 1 heteroatoms. The zero-order valence-electron chi connectivity index (χ0n) is 24.7. The third kappa shape index (κ3) is 4.09. The van der Waals surface area contributed by atoms with Crippen molar-refractivity contribution < 1.29 is 0 Å². The molecule has 0 saturated heterocycles. The van der Waals surface area contributed by atoms with Gasteiger partial charge in [0.15, 0.2) is 0 Å². The normalized spacial score (nSPS) is 11.9. The van der Waals surface area contributed by atoms with Crippen LogP contribution < -0.4 is 0 Å². The first-order valence-corrected chi connectivity index (χ1v) is 15.5. The van der Waals surface area contributed by atoms with Gasteiger partial charge in [-0.25, -0.2) is 0 Å². The maximum absolute atomic E-state index is 2.37. The molecule has 9 rings (SSSR count). The highest BCUT2D eigenvalue weighted by Gasteiger charge is 2.16. The predicted octanol–water partition coefficient (Wildman–Crippen LogP) is 12.1. The van der Waals surface area contributed by atoms with Gasteiger partial charge >= 0.3 is 0 Å². The van der Waals surface area contributed by atoms with E-state index < -0.39 is 0 Å². The Hall–Kier alpha value is -5.92. The fourth-order valence-electron chi connectivity index (χ4n) is 7.19. The number of para-hydroxylation sites is 2. The molecule has 8 aromatic carbocycles. The minimum absolute atomic E-state index is 1.17. The molecule has 0 spiro atoms. The van der Waals surface area contributed by atoms with Crippen LogP contribution in [-0.4, -0.2) is 4.57 Å². The largest absolute Gasteiger partial charge is 0.309 e. The summed E-state index contributed by atoms with van der Waals surface area (Å²) in [5.41, 5.74) is 8.61.